The zero-order valence-electron chi connectivity index (χ0n) is 29.8. The van der Waals surface area contributed by atoms with E-state index >= 15 is 0 Å². The van der Waals surface area contributed by atoms with Gasteiger partial charge < -0.3 is 13.7 Å². The maximum absolute atomic E-state index is 7.29. The largest absolute Gasteiger partial charge is 0.456 e. The van der Waals surface area contributed by atoms with E-state index in [0.717, 1.165) is 88.8 Å². The Morgan fingerprint density at radius 3 is 1.82 bits per heavy atom. The highest BCUT2D eigenvalue weighted by Crippen LogP contribution is 2.49. The van der Waals surface area contributed by atoms with E-state index in [0.29, 0.717) is 0 Å². The summed E-state index contributed by atoms with van der Waals surface area (Å²) in [5, 5.41) is 6.55. The molecule has 55 heavy (non-hydrogen) atoms. The topological polar surface area (TPSA) is 29.5 Å². The number of fused-ring (bicyclic) bond motifs is 7. The van der Waals surface area contributed by atoms with E-state index in [1.54, 1.807) is 0 Å². The van der Waals surface area contributed by atoms with Gasteiger partial charge in [0.05, 0.1) is 11.4 Å². The lowest BCUT2D eigenvalue weighted by Gasteiger charge is -2.28. The Labute approximate surface area is 317 Å². The molecule has 0 bridgehead atoms. The van der Waals surface area contributed by atoms with Gasteiger partial charge in [0.1, 0.15) is 16.7 Å². The van der Waals surface area contributed by atoms with Crippen LogP contribution >= 0.6 is 0 Å². The molecule has 3 heteroatoms. The normalized spacial score (nSPS) is 11.6. The Hall–Kier alpha value is -7.36. The van der Waals surface area contributed by atoms with E-state index in [1.165, 1.54) is 16.3 Å². The van der Waals surface area contributed by atoms with Gasteiger partial charge in [0.25, 0.3) is 0 Å². The average Bonchev–Trinajstić information content (AvgIpc) is 3.82. The molecule has 258 valence electrons. The summed E-state index contributed by atoms with van der Waals surface area (Å²) in [5.41, 5.74) is 13.1. The van der Waals surface area contributed by atoms with Crippen molar-refractivity contribution in [3.05, 3.63) is 200 Å². The van der Waals surface area contributed by atoms with E-state index in [4.69, 9.17) is 8.83 Å². The molecular formula is C52H33NO2. The van der Waals surface area contributed by atoms with Crippen molar-refractivity contribution in [2.24, 2.45) is 0 Å². The zero-order valence-corrected chi connectivity index (χ0v) is 29.8. The number of para-hydroxylation sites is 3. The second-order valence-corrected chi connectivity index (χ2v) is 14.0. The van der Waals surface area contributed by atoms with E-state index < -0.39 is 0 Å². The summed E-state index contributed by atoms with van der Waals surface area (Å²) < 4.78 is 13.9. The number of benzene rings is 9. The highest BCUT2D eigenvalue weighted by atomic mass is 16.3. The summed E-state index contributed by atoms with van der Waals surface area (Å²) in [4.78, 5) is 2.34. The van der Waals surface area contributed by atoms with Gasteiger partial charge >= 0.3 is 0 Å². The van der Waals surface area contributed by atoms with Gasteiger partial charge in [-0.05, 0) is 75.5 Å². The van der Waals surface area contributed by atoms with Gasteiger partial charge in [-0.2, -0.15) is 0 Å². The molecule has 0 saturated heterocycles. The highest BCUT2D eigenvalue weighted by molar-refractivity contribution is 6.24. The third-order valence-electron chi connectivity index (χ3n) is 10.8. The fourth-order valence-corrected chi connectivity index (χ4v) is 8.29. The zero-order chi connectivity index (χ0) is 36.3. The van der Waals surface area contributed by atoms with Gasteiger partial charge in [-0.15, -0.1) is 0 Å². The summed E-state index contributed by atoms with van der Waals surface area (Å²) in [6.45, 7) is 0. The van der Waals surface area contributed by atoms with Crippen molar-refractivity contribution in [2.75, 3.05) is 4.90 Å². The van der Waals surface area contributed by atoms with Gasteiger partial charge in [0.2, 0.25) is 0 Å². The van der Waals surface area contributed by atoms with Crippen LogP contribution in [0, 0.1) is 0 Å². The molecule has 9 aromatic carbocycles. The summed E-state index contributed by atoms with van der Waals surface area (Å²) in [7, 11) is 0. The van der Waals surface area contributed by atoms with Crippen LogP contribution < -0.4 is 4.90 Å². The molecule has 0 aliphatic rings. The maximum Gasteiger partial charge on any atom is 0.159 e. The molecule has 0 aliphatic heterocycles. The first-order valence-electron chi connectivity index (χ1n) is 18.7. The molecular weight excluding hydrogens is 671 g/mol. The van der Waals surface area contributed by atoms with Gasteiger partial charge in [-0.1, -0.05) is 158 Å². The molecule has 11 aromatic rings. The Balaban J connectivity index is 1.20. The molecule has 2 heterocycles. The first kappa shape index (κ1) is 31.2. The average molecular weight is 704 g/mol. The SMILES string of the molecule is c1ccc(-c2ccc(N(c3ccccc3-c3ccccc3)c3cccc4c3oc3c(-c5ccc6ccccc6c5)c5c(cc34)oc3ccccc35)cc2)cc1. The predicted molar refractivity (Wildman–Crippen MR) is 229 cm³/mol. The smallest absolute Gasteiger partial charge is 0.159 e. The second kappa shape index (κ2) is 12.6. The fourth-order valence-electron chi connectivity index (χ4n) is 8.29. The van der Waals surface area contributed by atoms with E-state index in [1.807, 2.05) is 12.1 Å². The number of anilines is 3. The highest BCUT2D eigenvalue weighted by Gasteiger charge is 2.25. The van der Waals surface area contributed by atoms with Crippen LogP contribution in [0.2, 0.25) is 0 Å². The molecule has 2 aromatic heterocycles. The standard InChI is InChI=1S/C52H33NO2/c1-3-14-34(15-4-1)36-28-30-40(31-29-36)53(45-23-11-9-20-41(45)37-17-5-2-6-18-37)46-24-13-22-42-44-33-48-50(43-21-10-12-25-47(43)54-48)49(52(44)55-51(42)46)39-27-26-35-16-7-8-19-38(35)32-39/h1-33H. The van der Waals surface area contributed by atoms with Crippen LogP contribution in [0.1, 0.15) is 0 Å². The molecule has 11 rings (SSSR count). The van der Waals surface area contributed by atoms with Crippen molar-refractivity contribution in [1.29, 1.82) is 0 Å². The summed E-state index contributed by atoms with van der Waals surface area (Å²) >= 11 is 0. The maximum atomic E-state index is 7.29. The minimum Gasteiger partial charge on any atom is -0.456 e. The van der Waals surface area contributed by atoms with E-state index in [2.05, 4.69) is 193 Å². The van der Waals surface area contributed by atoms with Crippen molar-refractivity contribution in [3.8, 4) is 33.4 Å². The van der Waals surface area contributed by atoms with Gasteiger partial charge in [-0.3, -0.25) is 0 Å². The van der Waals surface area contributed by atoms with Crippen molar-refractivity contribution in [2.45, 2.75) is 0 Å². The molecule has 0 unspecified atom stereocenters. The van der Waals surface area contributed by atoms with Crippen LogP contribution in [0.15, 0.2) is 209 Å². The second-order valence-electron chi connectivity index (χ2n) is 14.0. The number of hydrogen-bond donors (Lipinski definition) is 0. The Morgan fingerprint density at radius 2 is 0.982 bits per heavy atom. The molecule has 0 amide bonds. The van der Waals surface area contributed by atoms with Gasteiger partial charge in [0, 0.05) is 38.4 Å². The summed E-state index contributed by atoms with van der Waals surface area (Å²) in [6.07, 6.45) is 0. The minimum absolute atomic E-state index is 0.812. The molecule has 0 spiro atoms. The lowest BCUT2D eigenvalue weighted by molar-refractivity contribution is 0.665. The molecule has 0 N–H and O–H groups in total. The quantitative estimate of drug-likeness (QED) is 0.173. The van der Waals surface area contributed by atoms with E-state index in [9.17, 15) is 0 Å². The molecule has 0 aliphatic carbocycles. The lowest BCUT2D eigenvalue weighted by atomic mass is 9.95. The van der Waals surface area contributed by atoms with Crippen molar-refractivity contribution in [3.63, 3.8) is 0 Å². The fraction of sp³-hybridized carbons (Fsp3) is 0. The van der Waals surface area contributed by atoms with Crippen LogP contribution in [0.4, 0.5) is 17.1 Å². The van der Waals surface area contributed by atoms with Gasteiger partial charge in [-0.25, -0.2) is 0 Å². The molecule has 0 saturated carbocycles. The molecule has 0 fully saturated rings. The molecule has 0 atom stereocenters. The Morgan fingerprint density at radius 1 is 0.345 bits per heavy atom. The van der Waals surface area contributed by atoms with Gasteiger partial charge in [0.15, 0.2) is 5.58 Å². The number of furan rings is 2. The molecule has 0 radical (unpaired) electrons. The van der Waals surface area contributed by atoms with Crippen molar-refractivity contribution >= 4 is 71.7 Å². The Kier molecular flexibility index (Phi) is 7.17. The first-order valence-corrected chi connectivity index (χ1v) is 18.7. The third kappa shape index (κ3) is 5.13. The third-order valence-corrected chi connectivity index (χ3v) is 10.8. The van der Waals surface area contributed by atoms with Crippen LogP contribution in [0.25, 0.3) is 88.0 Å². The number of rotatable bonds is 6. The van der Waals surface area contributed by atoms with Crippen LogP contribution in [-0.2, 0) is 0 Å². The van der Waals surface area contributed by atoms with Crippen molar-refractivity contribution < 1.29 is 8.83 Å². The summed E-state index contributed by atoms with van der Waals surface area (Å²) in [6, 6.07) is 70.7. The van der Waals surface area contributed by atoms with E-state index in [-0.39, 0.29) is 0 Å². The Bertz CT molecular complexity index is 3190. The van der Waals surface area contributed by atoms with Crippen LogP contribution in [0.3, 0.4) is 0 Å². The minimum atomic E-state index is 0.812. The summed E-state index contributed by atoms with van der Waals surface area (Å²) in [5.74, 6) is 0. The number of nitrogens with zero attached hydrogens (tertiary/aromatic N) is 1. The molecule has 3 nitrogen and oxygen atoms in total. The first-order chi connectivity index (χ1) is 27.3. The number of hydrogen-bond acceptors (Lipinski definition) is 3. The van der Waals surface area contributed by atoms with Crippen molar-refractivity contribution in [1.82, 2.24) is 0 Å². The van der Waals surface area contributed by atoms with Crippen LogP contribution in [-0.4, -0.2) is 0 Å². The monoisotopic (exact) mass is 703 g/mol. The predicted octanol–water partition coefficient (Wildman–Crippen LogP) is 15.1. The lowest BCUT2D eigenvalue weighted by Crippen LogP contribution is -2.11. The van der Waals surface area contributed by atoms with Crippen LogP contribution in [0.5, 0.6) is 0 Å².